The van der Waals surface area contributed by atoms with E-state index in [0.29, 0.717) is 18.4 Å². The number of imide groups is 1. The quantitative estimate of drug-likeness (QED) is 0.566. The van der Waals surface area contributed by atoms with Gasteiger partial charge < -0.3 is 4.74 Å². The third-order valence-electron chi connectivity index (χ3n) is 3.83. The summed E-state index contributed by atoms with van der Waals surface area (Å²) >= 11 is 0. The van der Waals surface area contributed by atoms with Crippen LogP contribution >= 0.6 is 0 Å². The molecule has 128 valence electrons. The molecule has 1 aliphatic heterocycles. The van der Waals surface area contributed by atoms with Crippen molar-refractivity contribution in [3.8, 4) is 0 Å². The predicted molar refractivity (Wildman–Crippen MR) is 86.0 cm³/mol. The number of carbonyl (C=O) groups is 3. The summed E-state index contributed by atoms with van der Waals surface area (Å²) in [5.74, 6) is -0.891. The summed E-state index contributed by atoms with van der Waals surface area (Å²) in [7, 11) is 0. The van der Waals surface area contributed by atoms with E-state index in [2.05, 4.69) is 0 Å². The van der Waals surface area contributed by atoms with Crippen molar-refractivity contribution >= 4 is 17.8 Å². The fourth-order valence-corrected chi connectivity index (χ4v) is 2.53. The third-order valence-corrected chi connectivity index (χ3v) is 3.83. The molecule has 0 N–H and O–H groups in total. The Morgan fingerprint density at radius 1 is 1.29 bits per heavy atom. The molecule has 0 aromatic heterocycles. The number of rotatable bonds is 7. The Labute approximate surface area is 140 Å². The first-order valence-electron chi connectivity index (χ1n) is 7.91. The normalized spacial score (nSPS) is 17.3. The number of allylic oxidation sites excluding steroid dienone is 1. The lowest BCUT2D eigenvalue weighted by atomic mass is 10.0. The van der Waals surface area contributed by atoms with Crippen LogP contribution < -0.4 is 0 Å². The average molecular weight is 333 g/mol. The van der Waals surface area contributed by atoms with E-state index in [-0.39, 0.29) is 37.2 Å². The van der Waals surface area contributed by atoms with E-state index in [4.69, 9.17) is 4.74 Å². The van der Waals surface area contributed by atoms with Gasteiger partial charge in [0.2, 0.25) is 5.91 Å². The maximum Gasteiger partial charge on any atom is 0.416 e. The van der Waals surface area contributed by atoms with Gasteiger partial charge in [0.1, 0.15) is 12.4 Å². The van der Waals surface area contributed by atoms with Crippen LogP contribution in [0.25, 0.3) is 0 Å². The Bertz CT molecular complexity index is 639. The molecule has 1 saturated heterocycles. The first kappa shape index (κ1) is 17.8. The topological polar surface area (TPSA) is 63.7 Å². The minimum absolute atomic E-state index is 0.0916. The molecule has 1 unspecified atom stereocenters. The molecular formula is C18H20FNO4. The smallest absolute Gasteiger partial charge is 0.416 e. The molecule has 1 atom stereocenters. The second kappa shape index (κ2) is 8.38. The highest BCUT2D eigenvalue weighted by Gasteiger charge is 2.36. The fourth-order valence-electron chi connectivity index (χ4n) is 2.53. The minimum atomic E-state index is -0.626. The maximum absolute atomic E-state index is 12.8. The number of hydrogen-bond acceptors (Lipinski definition) is 4. The van der Waals surface area contributed by atoms with Crippen LogP contribution in [0, 0.1) is 5.82 Å². The summed E-state index contributed by atoms with van der Waals surface area (Å²) in [4.78, 5) is 37.1. The van der Waals surface area contributed by atoms with Crippen LogP contribution in [0.15, 0.2) is 36.4 Å². The molecule has 1 aromatic rings. The van der Waals surface area contributed by atoms with Crippen LogP contribution in [0.4, 0.5) is 9.18 Å². The number of hydrogen-bond donors (Lipinski definition) is 0. The van der Waals surface area contributed by atoms with E-state index in [1.54, 1.807) is 0 Å². The van der Waals surface area contributed by atoms with Crippen LogP contribution in [0.2, 0.25) is 0 Å². The Hall–Kier alpha value is -2.50. The number of benzene rings is 1. The highest BCUT2D eigenvalue weighted by Crippen LogP contribution is 2.18. The van der Waals surface area contributed by atoms with Crippen molar-refractivity contribution in [2.45, 2.75) is 38.6 Å². The van der Waals surface area contributed by atoms with Crippen LogP contribution in [-0.2, 0) is 9.53 Å². The highest BCUT2D eigenvalue weighted by atomic mass is 19.1. The zero-order valence-corrected chi connectivity index (χ0v) is 13.5. The van der Waals surface area contributed by atoms with Gasteiger partial charge in [0.25, 0.3) is 0 Å². The number of nitrogens with zero attached hydrogens (tertiary/aromatic N) is 1. The summed E-state index contributed by atoms with van der Waals surface area (Å²) in [5.41, 5.74) is 0.412. The van der Waals surface area contributed by atoms with Crippen LogP contribution in [0.1, 0.15) is 43.0 Å². The Morgan fingerprint density at radius 3 is 2.67 bits per heavy atom. The largest absolute Gasteiger partial charge is 0.447 e. The molecule has 1 fully saturated rings. The summed E-state index contributed by atoms with van der Waals surface area (Å²) in [6.45, 7) is 2.06. The maximum atomic E-state index is 12.8. The molecule has 0 spiro atoms. The molecule has 1 aliphatic rings. The van der Waals surface area contributed by atoms with Crippen molar-refractivity contribution in [1.29, 1.82) is 0 Å². The lowest BCUT2D eigenvalue weighted by molar-refractivity contribution is -0.129. The Morgan fingerprint density at radius 2 is 2.00 bits per heavy atom. The lowest BCUT2D eigenvalue weighted by Gasteiger charge is -2.18. The van der Waals surface area contributed by atoms with Gasteiger partial charge >= 0.3 is 6.09 Å². The second-order valence-electron chi connectivity index (χ2n) is 5.58. The molecular weight excluding hydrogens is 313 g/mol. The number of ether oxygens (including phenoxy) is 1. The van der Waals surface area contributed by atoms with Crippen LogP contribution in [0.5, 0.6) is 0 Å². The van der Waals surface area contributed by atoms with E-state index >= 15 is 0 Å². The number of carbonyl (C=O) groups excluding carboxylic acids is 3. The van der Waals surface area contributed by atoms with Gasteiger partial charge in [-0.1, -0.05) is 12.2 Å². The second-order valence-corrected chi connectivity index (χ2v) is 5.58. The number of cyclic esters (lactones) is 1. The summed E-state index contributed by atoms with van der Waals surface area (Å²) in [5, 5.41) is 0. The summed E-state index contributed by atoms with van der Waals surface area (Å²) in [6, 6.07) is 5.01. The molecule has 2 rings (SSSR count). The molecule has 24 heavy (non-hydrogen) atoms. The van der Waals surface area contributed by atoms with Gasteiger partial charge in [0.05, 0.1) is 6.04 Å². The number of ketones is 1. The van der Waals surface area contributed by atoms with Crippen molar-refractivity contribution < 1.29 is 23.5 Å². The molecule has 1 aromatic carbocycles. The van der Waals surface area contributed by atoms with Crippen molar-refractivity contribution in [2.75, 3.05) is 6.61 Å². The zero-order valence-electron chi connectivity index (χ0n) is 13.5. The molecule has 0 radical (unpaired) electrons. The Balaban J connectivity index is 1.84. The zero-order chi connectivity index (χ0) is 17.5. The molecule has 5 nitrogen and oxygen atoms in total. The van der Waals surface area contributed by atoms with E-state index in [1.165, 1.54) is 24.3 Å². The highest BCUT2D eigenvalue weighted by molar-refractivity contribution is 5.97. The minimum Gasteiger partial charge on any atom is -0.447 e. The molecule has 0 aliphatic carbocycles. The monoisotopic (exact) mass is 333 g/mol. The van der Waals surface area contributed by atoms with Crippen molar-refractivity contribution in [2.24, 2.45) is 0 Å². The van der Waals surface area contributed by atoms with E-state index < -0.39 is 11.9 Å². The number of halogens is 1. The van der Waals surface area contributed by atoms with E-state index in [0.717, 1.165) is 4.90 Å². The van der Waals surface area contributed by atoms with Gasteiger partial charge in [-0.2, -0.15) is 0 Å². The molecule has 0 bridgehead atoms. The van der Waals surface area contributed by atoms with Crippen LogP contribution in [-0.4, -0.2) is 35.3 Å². The van der Waals surface area contributed by atoms with Crippen LogP contribution in [0.3, 0.4) is 0 Å². The average Bonchev–Trinajstić information content (AvgIpc) is 2.94. The standard InChI is InChI=1S/C18H20FNO4/c1-2-3-5-15-12-24-18(23)20(15)17(22)7-4-6-16(21)13-8-10-14(19)11-9-13/h2-3,8-11,15H,4-7,12H2,1H3/b3-2-. The third kappa shape index (κ3) is 4.50. The number of Topliss-reactive ketones (excluding diaryl/α,β-unsaturated/α-hetero) is 1. The van der Waals surface area contributed by atoms with Gasteiger partial charge in [0, 0.05) is 18.4 Å². The van der Waals surface area contributed by atoms with Gasteiger partial charge in [-0.3, -0.25) is 9.59 Å². The fraction of sp³-hybridized carbons (Fsp3) is 0.389. The molecule has 6 heteroatoms. The summed E-state index contributed by atoms with van der Waals surface area (Å²) < 4.78 is 17.8. The molecule has 0 saturated carbocycles. The molecule has 2 amide bonds. The summed E-state index contributed by atoms with van der Waals surface area (Å²) in [6.07, 6.45) is 4.25. The van der Waals surface area contributed by atoms with E-state index in [1.807, 2.05) is 19.1 Å². The lowest BCUT2D eigenvalue weighted by Crippen LogP contribution is -2.38. The first-order valence-corrected chi connectivity index (χ1v) is 7.91. The predicted octanol–water partition coefficient (Wildman–Crippen LogP) is 3.49. The van der Waals surface area contributed by atoms with E-state index in [9.17, 15) is 18.8 Å². The van der Waals surface area contributed by atoms with Gasteiger partial charge in [-0.15, -0.1) is 0 Å². The van der Waals surface area contributed by atoms with Crippen molar-refractivity contribution in [3.63, 3.8) is 0 Å². The van der Waals surface area contributed by atoms with Gasteiger partial charge in [-0.05, 0) is 44.0 Å². The van der Waals surface area contributed by atoms with Crippen molar-refractivity contribution in [1.82, 2.24) is 4.90 Å². The van der Waals surface area contributed by atoms with Crippen molar-refractivity contribution in [3.05, 3.63) is 47.8 Å². The number of amides is 2. The van der Waals surface area contributed by atoms with Gasteiger partial charge in [0.15, 0.2) is 5.78 Å². The Kier molecular flexibility index (Phi) is 6.23. The molecule has 1 heterocycles. The van der Waals surface area contributed by atoms with Gasteiger partial charge in [-0.25, -0.2) is 14.1 Å². The first-order chi connectivity index (χ1) is 11.5. The SMILES string of the molecule is C/C=C\CC1COC(=O)N1C(=O)CCCC(=O)c1ccc(F)cc1.